The van der Waals surface area contributed by atoms with Crippen LogP contribution < -0.4 is 0 Å². The van der Waals surface area contributed by atoms with E-state index >= 15 is 0 Å². The maximum Gasteiger partial charge on any atom is 0.248 e. The largest absolute Gasteiger partial charge is 0.248 e. The van der Waals surface area contributed by atoms with Crippen LogP contribution in [0.3, 0.4) is 0 Å². The van der Waals surface area contributed by atoms with Crippen molar-refractivity contribution < 1.29 is 0 Å². The van der Waals surface area contributed by atoms with Crippen molar-refractivity contribution in [3.63, 3.8) is 0 Å². The minimum absolute atomic E-state index is 0.0663. The summed E-state index contributed by atoms with van der Waals surface area (Å²) in [7, 11) is 0. The van der Waals surface area contributed by atoms with Gasteiger partial charge in [0.1, 0.15) is 6.33 Å². The molecule has 2 aromatic carbocycles. The van der Waals surface area contributed by atoms with E-state index < -0.39 is 0 Å². The van der Waals surface area contributed by atoms with Crippen LogP contribution >= 0.6 is 39.1 Å². The number of rotatable bonds is 2. The van der Waals surface area contributed by atoms with Gasteiger partial charge in [-0.3, -0.25) is 0 Å². The van der Waals surface area contributed by atoms with Gasteiger partial charge < -0.3 is 0 Å². The van der Waals surface area contributed by atoms with Crippen LogP contribution in [0.4, 0.5) is 5.95 Å². The standard InChI is InChI=1S/C17H11BrCl2N4/c18-11-3-1-10(2-4-11)15-8-16(24-17(23-15)21-9-22-24)13-6-5-12(19)7-14(13)20/h1-7,9,16H,8H2. The normalized spacial score (nSPS) is 16.6. The van der Waals surface area contributed by atoms with Crippen molar-refractivity contribution in [2.24, 2.45) is 4.99 Å². The van der Waals surface area contributed by atoms with Crippen LogP contribution in [-0.2, 0) is 0 Å². The molecule has 4 rings (SSSR count). The SMILES string of the molecule is Clc1ccc(C2CC(c3ccc(Br)cc3)=Nc3ncnn32)c(Cl)c1. The van der Waals surface area contributed by atoms with Gasteiger partial charge in [-0.25, -0.2) is 9.67 Å². The molecule has 120 valence electrons. The second-order valence-electron chi connectivity index (χ2n) is 5.46. The van der Waals surface area contributed by atoms with Crippen molar-refractivity contribution >= 4 is 50.8 Å². The molecule has 0 N–H and O–H groups in total. The van der Waals surface area contributed by atoms with E-state index in [0.717, 1.165) is 21.3 Å². The molecule has 0 fully saturated rings. The Balaban J connectivity index is 1.80. The predicted molar refractivity (Wildman–Crippen MR) is 99.6 cm³/mol. The first-order valence-corrected chi connectivity index (χ1v) is 8.84. The third-order valence-electron chi connectivity index (χ3n) is 3.97. The fourth-order valence-corrected chi connectivity index (χ4v) is 3.62. The average molecular weight is 422 g/mol. The Bertz CT molecular complexity index is 934. The van der Waals surface area contributed by atoms with Gasteiger partial charge in [0, 0.05) is 20.9 Å². The highest BCUT2D eigenvalue weighted by atomic mass is 79.9. The molecule has 7 heteroatoms. The highest BCUT2D eigenvalue weighted by Crippen LogP contribution is 2.36. The Morgan fingerprint density at radius 2 is 1.88 bits per heavy atom. The number of fused-ring (bicyclic) bond motifs is 1. The molecule has 1 aromatic heterocycles. The predicted octanol–water partition coefficient (Wildman–Crippen LogP) is 5.46. The Labute approximate surface area is 157 Å². The van der Waals surface area contributed by atoms with Gasteiger partial charge in [0.05, 0.1) is 11.8 Å². The van der Waals surface area contributed by atoms with Gasteiger partial charge in [-0.05, 0) is 35.4 Å². The zero-order valence-electron chi connectivity index (χ0n) is 12.3. The van der Waals surface area contributed by atoms with E-state index in [4.69, 9.17) is 23.2 Å². The topological polar surface area (TPSA) is 43.1 Å². The van der Waals surface area contributed by atoms with Crippen molar-refractivity contribution in [3.8, 4) is 0 Å². The van der Waals surface area contributed by atoms with Crippen molar-refractivity contribution in [3.05, 3.63) is 74.4 Å². The van der Waals surface area contributed by atoms with Crippen LogP contribution in [0.2, 0.25) is 10.0 Å². The Hall–Kier alpha value is -1.69. The summed E-state index contributed by atoms with van der Waals surface area (Å²) in [5.74, 6) is 0.579. The lowest BCUT2D eigenvalue weighted by Crippen LogP contribution is -2.21. The van der Waals surface area contributed by atoms with Crippen LogP contribution in [0.1, 0.15) is 23.6 Å². The molecule has 0 amide bonds. The van der Waals surface area contributed by atoms with Gasteiger partial charge in [-0.1, -0.05) is 57.3 Å². The summed E-state index contributed by atoms with van der Waals surface area (Å²) >= 11 is 15.9. The smallest absolute Gasteiger partial charge is 0.222 e. The first kappa shape index (κ1) is 15.8. The molecule has 1 atom stereocenters. The molecule has 2 heterocycles. The van der Waals surface area contributed by atoms with E-state index in [1.807, 2.05) is 36.4 Å². The van der Waals surface area contributed by atoms with Crippen LogP contribution in [0, 0.1) is 0 Å². The molecule has 0 bridgehead atoms. The van der Waals surface area contributed by atoms with E-state index in [9.17, 15) is 0 Å². The third kappa shape index (κ3) is 2.88. The summed E-state index contributed by atoms with van der Waals surface area (Å²) in [5.41, 5.74) is 2.97. The fraction of sp³-hybridized carbons (Fsp3) is 0.118. The van der Waals surface area contributed by atoms with E-state index in [-0.39, 0.29) is 6.04 Å². The molecule has 3 aromatic rings. The van der Waals surface area contributed by atoms with Crippen LogP contribution in [0.25, 0.3) is 0 Å². The molecule has 0 saturated carbocycles. The summed E-state index contributed by atoms with van der Waals surface area (Å²) in [6, 6.07) is 13.5. The third-order valence-corrected chi connectivity index (χ3v) is 5.06. The molecule has 4 nitrogen and oxygen atoms in total. The number of hydrogen-bond donors (Lipinski definition) is 0. The quantitative estimate of drug-likeness (QED) is 0.551. The minimum atomic E-state index is -0.0663. The molecule has 0 aliphatic carbocycles. The molecule has 1 aliphatic heterocycles. The fourth-order valence-electron chi connectivity index (χ4n) is 2.82. The molecule has 1 aliphatic rings. The van der Waals surface area contributed by atoms with Gasteiger partial charge in [-0.15, -0.1) is 0 Å². The summed E-state index contributed by atoms with van der Waals surface area (Å²) in [4.78, 5) is 8.91. The lowest BCUT2D eigenvalue weighted by molar-refractivity contribution is 0.531. The van der Waals surface area contributed by atoms with Gasteiger partial charge in [-0.2, -0.15) is 10.1 Å². The van der Waals surface area contributed by atoms with Gasteiger partial charge in [0.25, 0.3) is 0 Å². The zero-order chi connectivity index (χ0) is 16.7. The first-order chi connectivity index (χ1) is 11.6. The molecular formula is C17H11BrCl2N4. The second-order valence-corrected chi connectivity index (χ2v) is 7.22. The molecular weight excluding hydrogens is 411 g/mol. The zero-order valence-corrected chi connectivity index (χ0v) is 15.4. The highest BCUT2D eigenvalue weighted by Gasteiger charge is 2.27. The van der Waals surface area contributed by atoms with E-state index in [1.165, 1.54) is 6.33 Å². The summed E-state index contributed by atoms with van der Waals surface area (Å²) in [6.07, 6.45) is 2.19. The first-order valence-electron chi connectivity index (χ1n) is 7.30. The molecule has 0 spiro atoms. The monoisotopic (exact) mass is 420 g/mol. The number of benzene rings is 2. The van der Waals surface area contributed by atoms with Crippen molar-refractivity contribution in [2.45, 2.75) is 12.5 Å². The minimum Gasteiger partial charge on any atom is -0.222 e. The number of nitrogens with zero attached hydrogens (tertiary/aromatic N) is 4. The van der Waals surface area contributed by atoms with Crippen LogP contribution in [-0.4, -0.2) is 20.5 Å². The lowest BCUT2D eigenvalue weighted by Gasteiger charge is -2.24. The summed E-state index contributed by atoms with van der Waals surface area (Å²) in [6.45, 7) is 0. The van der Waals surface area contributed by atoms with Gasteiger partial charge >= 0.3 is 0 Å². The number of aliphatic imine (C=N–C) groups is 1. The van der Waals surface area contributed by atoms with Crippen molar-refractivity contribution in [1.29, 1.82) is 0 Å². The number of hydrogen-bond acceptors (Lipinski definition) is 3. The molecule has 0 saturated heterocycles. The van der Waals surface area contributed by atoms with E-state index in [1.54, 1.807) is 10.7 Å². The Morgan fingerprint density at radius 1 is 1.08 bits per heavy atom. The maximum atomic E-state index is 6.42. The van der Waals surface area contributed by atoms with E-state index in [0.29, 0.717) is 22.4 Å². The molecule has 1 unspecified atom stereocenters. The summed E-state index contributed by atoms with van der Waals surface area (Å²) < 4.78 is 2.83. The average Bonchev–Trinajstić information content (AvgIpc) is 3.03. The van der Waals surface area contributed by atoms with Crippen molar-refractivity contribution in [1.82, 2.24) is 14.8 Å². The van der Waals surface area contributed by atoms with Crippen molar-refractivity contribution in [2.75, 3.05) is 0 Å². The number of aromatic nitrogens is 3. The Kier molecular flexibility index (Phi) is 4.16. The van der Waals surface area contributed by atoms with Gasteiger partial charge in [0.15, 0.2) is 0 Å². The van der Waals surface area contributed by atoms with Crippen LogP contribution in [0.5, 0.6) is 0 Å². The maximum absolute atomic E-state index is 6.42. The lowest BCUT2D eigenvalue weighted by atomic mass is 9.96. The Morgan fingerprint density at radius 3 is 2.62 bits per heavy atom. The summed E-state index contributed by atoms with van der Waals surface area (Å²) in [5, 5.41) is 5.55. The molecule has 24 heavy (non-hydrogen) atoms. The number of halogens is 3. The van der Waals surface area contributed by atoms with Crippen LogP contribution in [0.15, 0.2) is 58.3 Å². The van der Waals surface area contributed by atoms with Gasteiger partial charge in [0.2, 0.25) is 5.95 Å². The van der Waals surface area contributed by atoms with E-state index in [2.05, 4.69) is 31.0 Å². The molecule has 0 radical (unpaired) electrons. The highest BCUT2D eigenvalue weighted by molar-refractivity contribution is 9.10. The second kappa shape index (κ2) is 6.31.